The number of carbonyl (C=O) groups excluding carboxylic acids is 4. The molecule has 0 aliphatic carbocycles. The molecule has 2 heterocycles. The minimum absolute atomic E-state index is 0.177. The molecule has 5 rings (SSSR count). The van der Waals surface area contributed by atoms with Crippen LogP contribution in [0.3, 0.4) is 0 Å². The van der Waals surface area contributed by atoms with Crippen molar-refractivity contribution in [2.45, 2.75) is 24.5 Å². The highest BCUT2D eigenvalue weighted by molar-refractivity contribution is 5.91. The second kappa shape index (κ2) is 13.6. The topological polar surface area (TPSA) is 149 Å². The maximum absolute atomic E-state index is 13.4. The van der Waals surface area contributed by atoms with Crippen LogP contribution in [0.2, 0.25) is 0 Å². The van der Waals surface area contributed by atoms with Gasteiger partial charge in [-0.1, -0.05) is 54.6 Å². The molecule has 224 valence electrons. The first kappa shape index (κ1) is 29.9. The van der Waals surface area contributed by atoms with E-state index in [9.17, 15) is 24.0 Å². The van der Waals surface area contributed by atoms with Gasteiger partial charge in [-0.25, -0.2) is 24.2 Å². The molecule has 44 heavy (non-hydrogen) atoms. The number of nitrogens with zero attached hydrogens (tertiary/aromatic N) is 2. The molecule has 2 unspecified atom stereocenters. The minimum atomic E-state index is -1.44. The van der Waals surface area contributed by atoms with Crippen molar-refractivity contribution in [2.24, 2.45) is 0 Å². The van der Waals surface area contributed by atoms with E-state index in [4.69, 9.17) is 18.9 Å². The van der Waals surface area contributed by atoms with Crippen molar-refractivity contribution in [3.63, 3.8) is 0 Å². The molecule has 4 aromatic rings. The van der Waals surface area contributed by atoms with Crippen molar-refractivity contribution >= 4 is 23.9 Å². The highest BCUT2D eigenvalue weighted by Crippen LogP contribution is 2.35. The predicted molar refractivity (Wildman–Crippen MR) is 152 cm³/mol. The smallest absolute Gasteiger partial charge is 0.362 e. The van der Waals surface area contributed by atoms with E-state index in [0.29, 0.717) is 0 Å². The van der Waals surface area contributed by atoms with E-state index in [-0.39, 0.29) is 16.7 Å². The number of aromatic nitrogens is 2. The first-order valence-electron chi connectivity index (χ1n) is 13.4. The molecular formula is C32H26N2O10. The molecule has 12 nitrogen and oxygen atoms in total. The third kappa shape index (κ3) is 6.55. The average molecular weight is 599 g/mol. The van der Waals surface area contributed by atoms with Gasteiger partial charge in [-0.2, -0.15) is 0 Å². The Kier molecular flexibility index (Phi) is 9.21. The molecular weight excluding hydrogens is 572 g/mol. The molecule has 0 radical (unpaired) electrons. The lowest BCUT2D eigenvalue weighted by molar-refractivity contribution is -0.0636. The van der Waals surface area contributed by atoms with Gasteiger partial charge in [-0.05, 0) is 36.4 Å². The van der Waals surface area contributed by atoms with E-state index in [0.717, 1.165) is 11.7 Å². The third-order valence-electron chi connectivity index (χ3n) is 6.70. The zero-order valence-corrected chi connectivity index (χ0v) is 23.3. The van der Waals surface area contributed by atoms with Crippen molar-refractivity contribution in [1.29, 1.82) is 0 Å². The Hall–Kier alpha value is -5.62. The Morgan fingerprint density at radius 3 is 1.75 bits per heavy atom. The van der Waals surface area contributed by atoms with Crippen molar-refractivity contribution in [1.82, 2.24) is 9.55 Å². The van der Waals surface area contributed by atoms with Crippen LogP contribution in [0, 0.1) is 0 Å². The number of hydrogen-bond acceptors (Lipinski definition) is 11. The van der Waals surface area contributed by atoms with Crippen LogP contribution in [0.1, 0.15) is 47.8 Å². The van der Waals surface area contributed by atoms with Crippen LogP contribution in [0.5, 0.6) is 0 Å². The van der Waals surface area contributed by atoms with Gasteiger partial charge >= 0.3 is 23.9 Å². The fourth-order valence-corrected chi connectivity index (χ4v) is 4.54. The van der Waals surface area contributed by atoms with Gasteiger partial charge in [-0.3, -0.25) is 9.36 Å². The van der Waals surface area contributed by atoms with Crippen LogP contribution in [-0.2, 0) is 23.7 Å². The van der Waals surface area contributed by atoms with Crippen LogP contribution in [-0.4, -0.2) is 65.5 Å². The zero-order chi connectivity index (χ0) is 31.1. The Bertz CT molecular complexity index is 1690. The fourth-order valence-electron chi connectivity index (χ4n) is 4.54. The maximum Gasteiger partial charge on any atom is 0.362 e. The molecule has 4 atom stereocenters. The van der Waals surface area contributed by atoms with Gasteiger partial charge in [0.05, 0.1) is 23.8 Å². The number of ether oxygens (including phenoxy) is 5. The van der Waals surface area contributed by atoms with E-state index in [2.05, 4.69) is 9.72 Å². The van der Waals surface area contributed by atoms with Gasteiger partial charge in [-0.15, -0.1) is 0 Å². The molecule has 0 saturated carbocycles. The van der Waals surface area contributed by atoms with E-state index >= 15 is 0 Å². The largest absolute Gasteiger partial charge is 0.464 e. The van der Waals surface area contributed by atoms with Gasteiger partial charge in [0.25, 0.3) is 5.56 Å². The summed E-state index contributed by atoms with van der Waals surface area (Å²) >= 11 is 0. The lowest BCUT2D eigenvalue weighted by atomic mass is 10.1. The molecule has 1 aromatic heterocycles. The summed E-state index contributed by atoms with van der Waals surface area (Å²) in [6.07, 6.45) is -3.07. The molecule has 1 fully saturated rings. The normalized spacial score (nSPS) is 19.0. The van der Waals surface area contributed by atoms with Gasteiger partial charge in [0.1, 0.15) is 12.7 Å². The van der Waals surface area contributed by atoms with Crippen molar-refractivity contribution in [3.05, 3.63) is 136 Å². The highest BCUT2D eigenvalue weighted by Gasteiger charge is 2.52. The molecule has 0 spiro atoms. The Morgan fingerprint density at radius 2 is 1.23 bits per heavy atom. The number of esters is 4. The number of methoxy groups -OCH3 is 1. The molecule has 12 heteroatoms. The van der Waals surface area contributed by atoms with Crippen LogP contribution < -0.4 is 5.56 Å². The highest BCUT2D eigenvalue weighted by atomic mass is 16.7. The Balaban J connectivity index is 1.53. The van der Waals surface area contributed by atoms with Crippen LogP contribution in [0.15, 0.2) is 108 Å². The SMILES string of the molecule is COC(=O)c1nccn([C@@H]2OC(COC(=O)c3ccccc3)C(OC(=O)c3ccccc3)[C@@H]2OC(=O)c2ccccc2)c1=O. The first-order valence-corrected chi connectivity index (χ1v) is 13.4. The summed E-state index contributed by atoms with van der Waals surface area (Å²) in [6.45, 7) is -0.444. The van der Waals surface area contributed by atoms with Gasteiger partial charge < -0.3 is 23.7 Å². The lowest BCUT2D eigenvalue weighted by Crippen LogP contribution is -2.42. The summed E-state index contributed by atoms with van der Waals surface area (Å²) in [7, 11) is 1.09. The monoisotopic (exact) mass is 598 g/mol. The molecule has 0 amide bonds. The number of carbonyl (C=O) groups is 4. The van der Waals surface area contributed by atoms with Gasteiger partial charge in [0.15, 0.2) is 18.4 Å². The van der Waals surface area contributed by atoms with Crippen molar-refractivity contribution in [3.8, 4) is 0 Å². The molecule has 3 aromatic carbocycles. The maximum atomic E-state index is 13.4. The molecule has 1 aliphatic heterocycles. The van der Waals surface area contributed by atoms with Crippen molar-refractivity contribution in [2.75, 3.05) is 13.7 Å². The Labute approximate surface area is 250 Å². The summed E-state index contributed by atoms with van der Waals surface area (Å²) < 4.78 is 28.9. The van der Waals surface area contributed by atoms with E-state index in [1.54, 1.807) is 66.7 Å². The summed E-state index contributed by atoms with van der Waals surface area (Å²) in [5.74, 6) is -3.27. The van der Waals surface area contributed by atoms with E-state index < -0.39 is 66.3 Å². The molecule has 0 N–H and O–H groups in total. The van der Waals surface area contributed by atoms with Crippen LogP contribution in [0.25, 0.3) is 0 Å². The van der Waals surface area contributed by atoms with Crippen molar-refractivity contribution < 1.29 is 42.9 Å². The third-order valence-corrected chi connectivity index (χ3v) is 6.70. The van der Waals surface area contributed by atoms with Crippen LogP contribution in [0.4, 0.5) is 0 Å². The van der Waals surface area contributed by atoms with Gasteiger partial charge in [0, 0.05) is 12.4 Å². The van der Waals surface area contributed by atoms with E-state index in [1.165, 1.54) is 36.7 Å². The van der Waals surface area contributed by atoms with Crippen LogP contribution >= 0.6 is 0 Å². The first-order chi connectivity index (χ1) is 21.4. The number of hydrogen-bond donors (Lipinski definition) is 0. The number of rotatable bonds is 9. The standard InChI is InChI=1S/C32H26N2O10/c1-40-32(39)24-27(35)34(18-17-33-24)28-26(44-31(38)22-15-9-4-10-16-22)25(43-30(37)21-13-7-3-8-14-21)23(42-28)19-41-29(36)20-11-5-2-6-12-20/h2-18,23,25-26,28H,19H2,1H3/t23?,25?,26-,28+/m0/s1. The second-order valence-electron chi connectivity index (χ2n) is 9.48. The molecule has 1 aliphatic rings. The lowest BCUT2D eigenvalue weighted by Gasteiger charge is -2.25. The van der Waals surface area contributed by atoms with Gasteiger partial charge in [0.2, 0.25) is 5.69 Å². The average Bonchev–Trinajstić information content (AvgIpc) is 3.40. The van der Waals surface area contributed by atoms with E-state index in [1.807, 2.05) is 0 Å². The summed E-state index contributed by atoms with van der Waals surface area (Å²) in [4.78, 5) is 68.7. The second-order valence-corrected chi connectivity index (χ2v) is 9.48. The summed E-state index contributed by atoms with van der Waals surface area (Å²) in [6, 6.07) is 24.3. The quantitative estimate of drug-likeness (QED) is 0.206. The molecule has 1 saturated heterocycles. The summed E-state index contributed by atoms with van der Waals surface area (Å²) in [5.41, 5.74) is -0.836. The summed E-state index contributed by atoms with van der Waals surface area (Å²) in [5, 5.41) is 0. The number of benzene rings is 3. The minimum Gasteiger partial charge on any atom is -0.464 e. The fraction of sp³-hybridized carbons (Fsp3) is 0.188. The zero-order valence-electron chi connectivity index (χ0n) is 23.3. The molecule has 0 bridgehead atoms. The predicted octanol–water partition coefficient (Wildman–Crippen LogP) is 3.24. The Morgan fingerprint density at radius 1 is 0.727 bits per heavy atom.